The second kappa shape index (κ2) is 10.3. The van der Waals surface area contributed by atoms with Gasteiger partial charge in [0, 0.05) is 48.9 Å². The Bertz CT molecular complexity index is 772. The van der Waals surface area contributed by atoms with Gasteiger partial charge in [0.05, 0.1) is 6.54 Å². The molecule has 0 spiro atoms. The highest BCUT2D eigenvalue weighted by Crippen LogP contribution is 2.22. The van der Waals surface area contributed by atoms with Gasteiger partial charge >= 0.3 is 0 Å². The molecule has 0 bridgehead atoms. The van der Waals surface area contributed by atoms with Crippen LogP contribution in [0.3, 0.4) is 0 Å². The standard InChI is InChI=1S/C22H27N3O2S/c1-2-23-21(26)16-24-12-14-25(15-13-24)22(27)19-10-8-18(9-11-19)17-28-20-6-4-3-5-7-20/h3-11H,2,12-17H2,1H3,(H,23,26). The number of hydrogen-bond donors (Lipinski definition) is 1. The topological polar surface area (TPSA) is 52.7 Å². The molecule has 0 radical (unpaired) electrons. The second-order valence-electron chi connectivity index (χ2n) is 6.82. The van der Waals surface area contributed by atoms with Crippen LogP contribution in [-0.2, 0) is 10.5 Å². The van der Waals surface area contributed by atoms with Crippen LogP contribution in [0.2, 0.25) is 0 Å². The first-order chi connectivity index (χ1) is 13.7. The van der Waals surface area contributed by atoms with Crippen molar-refractivity contribution in [2.75, 3.05) is 39.3 Å². The molecule has 6 heteroatoms. The third-order valence-corrected chi connectivity index (χ3v) is 5.83. The predicted octanol–water partition coefficient (Wildman–Crippen LogP) is 2.87. The molecule has 148 valence electrons. The van der Waals surface area contributed by atoms with E-state index in [1.54, 1.807) is 11.8 Å². The smallest absolute Gasteiger partial charge is 0.253 e. The van der Waals surface area contributed by atoms with Gasteiger partial charge in [-0.05, 0) is 36.8 Å². The van der Waals surface area contributed by atoms with Crippen LogP contribution in [0.1, 0.15) is 22.8 Å². The van der Waals surface area contributed by atoms with Gasteiger partial charge in [-0.15, -0.1) is 11.8 Å². The number of carbonyl (C=O) groups is 2. The number of nitrogens with one attached hydrogen (secondary N) is 1. The fourth-order valence-electron chi connectivity index (χ4n) is 3.17. The van der Waals surface area contributed by atoms with E-state index >= 15 is 0 Å². The molecule has 1 aliphatic rings. The van der Waals surface area contributed by atoms with Gasteiger partial charge < -0.3 is 10.2 Å². The Morgan fingerprint density at radius 2 is 1.64 bits per heavy atom. The van der Waals surface area contributed by atoms with Crippen molar-refractivity contribution in [1.82, 2.24) is 15.1 Å². The fraction of sp³-hybridized carbons (Fsp3) is 0.364. The molecule has 2 aromatic carbocycles. The van der Waals surface area contributed by atoms with Gasteiger partial charge in [-0.25, -0.2) is 0 Å². The summed E-state index contributed by atoms with van der Waals surface area (Å²) in [7, 11) is 0. The lowest BCUT2D eigenvalue weighted by molar-refractivity contribution is -0.122. The van der Waals surface area contributed by atoms with Crippen LogP contribution in [0.15, 0.2) is 59.5 Å². The molecule has 0 atom stereocenters. The molecule has 1 saturated heterocycles. The van der Waals surface area contributed by atoms with Gasteiger partial charge in [-0.3, -0.25) is 14.5 Å². The van der Waals surface area contributed by atoms with E-state index in [1.165, 1.54) is 10.5 Å². The maximum Gasteiger partial charge on any atom is 0.253 e. The molecule has 1 N–H and O–H groups in total. The number of hydrogen-bond acceptors (Lipinski definition) is 4. The van der Waals surface area contributed by atoms with Crippen LogP contribution in [-0.4, -0.2) is 60.9 Å². The van der Waals surface area contributed by atoms with Crippen molar-refractivity contribution < 1.29 is 9.59 Å². The minimum absolute atomic E-state index is 0.0474. The molecule has 1 fully saturated rings. The van der Waals surface area contributed by atoms with E-state index in [-0.39, 0.29) is 11.8 Å². The van der Waals surface area contributed by atoms with Crippen LogP contribution in [0, 0.1) is 0 Å². The molecular weight excluding hydrogens is 370 g/mol. The zero-order valence-corrected chi connectivity index (χ0v) is 17.1. The highest BCUT2D eigenvalue weighted by atomic mass is 32.2. The molecule has 1 aliphatic heterocycles. The van der Waals surface area contributed by atoms with Crippen LogP contribution in [0.4, 0.5) is 0 Å². The maximum absolute atomic E-state index is 12.7. The Kier molecular flexibility index (Phi) is 7.51. The molecule has 0 aliphatic carbocycles. The van der Waals surface area contributed by atoms with Gasteiger partial charge in [0.2, 0.25) is 5.91 Å². The van der Waals surface area contributed by atoms with Crippen LogP contribution in [0.5, 0.6) is 0 Å². The van der Waals surface area contributed by atoms with Crippen molar-refractivity contribution in [3.8, 4) is 0 Å². The van der Waals surface area contributed by atoms with Crippen molar-refractivity contribution in [3.63, 3.8) is 0 Å². The Morgan fingerprint density at radius 3 is 2.29 bits per heavy atom. The summed E-state index contributed by atoms with van der Waals surface area (Å²) in [4.78, 5) is 29.7. The number of piperazine rings is 1. The third kappa shape index (κ3) is 5.84. The Balaban J connectivity index is 1.47. The molecule has 0 saturated carbocycles. The van der Waals surface area contributed by atoms with Gasteiger partial charge in [0.15, 0.2) is 0 Å². The lowest BCUT2D eigenvalue weighted by atomic mass is 10.1. The quantitative estimate of drug-likeness (QED) is 0.730. The number of carbonyl (C=O) groups excluding carboxylic acids is 2. The van der Waals surface area contributed by atoms with Gasteiger partial charge in [0.1, 0.15) is 0 Å². The van der Waals surface area contributed by atoms with Gasteiger partial charge in [-0.1, -0.05) is 30.3 Å². The van der Waals surface area contributed by atoms with Crippen molar-refractivity contribution in [1.29, 1.82) is 0 Å². The molecule has 2 amide bonds. The van der Waals surface area contributed by atoms with Crippen molar-refractivity contribution in [2.45, 2.75) is 17.6 Å². The normalized spacial score (nSPS) is 14.7. The third-order valence-electron chi connectivity index (χ3n) is 4.75. The van der Waals surface area contributed by atoms with E-state index in [2.05, 4.69) is 22.3 Å². The summed E-state index contributed by atoms with van der Waals surface area (Å²) in [5, 5.41) is 2.82. The lowest BCUT2D eigenvalue weighted by Crippen LogP contribution is -2.51. The molecule has 0 unspecified atom stereocenters. The summed E-state index contributed by atoms with van der Waals surface area (Å²) in [5.74, 6) is 1.00. The van der Waals surface area contributed by atoms with Gasteiger partial charge in [-0.2, -0.15) is 0 Å². The minimum atomic E-state index is 0.0474. The van der Waals surface area contributed by atoms with E-state index < -0.39 is 0 Å². The average molecular weight is 398 g/mol. The summed E-state index contributed by atoms with van der Waals surface area (Å²) in [6.07, 6.45) is 0. The number of likely N-dealkylation sites (N-methyl/N-ethyl adjacent to an activating group) is 1. The van der Waals surface area contributed by atoms with Crippen molar-refractivity contribution in [3.05, 3.63) is 65.7 Å². The van der Waals surface area contributed by atoms with E-state index in [0.29, 0.717) is 26.2 Å². The largest absolute Gasteiger partial charge is 0.355 e. The predicted molar refractivity (Wildman–Crippen MR) is 113 cm³/mol. The molecule has 0 aromatic heterocycles. The summed E-state index contributed by atoms with van der Waals surface area (Å²) in [6.45, 7) is 5.75. The molecule has 2 aromatic rings. The zero-order chi connectivity index (χ0) is 19.8. The van der Waals surface area contributed by atoms with Crippen molar-refractivity contribution >= 4 is 23.6 Å². The van der Waals surface area contributed by atoms with Crippen molar-refractivity contribution in [2.24, 2.45) is 0 Å². The number of rotatable bonds is 7. The van der Waals surface area contributed by atoms with Crippen LogP contribution < -0.4 is 5.32 Å². The molecule has 5 nitrogen and oxygen atoms in total. The summed E-state index contributed by atoms with van der Waals surface area (Å²) in [6, 6.07) is 18.2. The summed E-state index contributed by atoms with van der Waals surface area (Å²) >= 11 is 1.79. The van der Waals surface area contributed by atoms with Crippen LogP contribution in [0.25, 0.3) is 0 Å². The van der Waals surface area contributed by atoms with E-state index in [4.69, 9.17) is 0 Å². The first kappa shape index (κ1) is 20.4. The first-order valence-corrected chi connectivity index (χ1v) is 10.7. The Labute approximate surface area is 171 Å². The summed E-state index contributed by atoms with van der Waals surface area (Å²) < 4.78 is 0. The number of benzene rings is 2. The molecular formula is C22H27N3O2S. The molecule has 3 rings (SSSR count). The molecule has 1 heterocycles. The highest BCUT2D eigenvalue weighted by molar-refractivity contribution is 7.98. The Morgan fingerprint density at radius 1 is 0.964 bits per heavy atom. The highest BCUT2D eigenvalue weighted by Gasteiger charge is 2.23. The first-order valence-electron chi connectivity index (χ1n) is 9.71. The van der Waals surface area contributed by atoms with E-state index in [1.807, 2.05) is 54.3 Å². The van der Waals surface area contributed by atoms with Crippen LogP contribution >= 0.6 is 11.8 Å². The zero-order valence-electron chi connectivity index (χ0n) is 16.3. The number of nitrogens with zero attached hydrogens (tertiary/aromatic N) is 2. The fourth-order valence-corrected chi connectivity index (χ4v) is 4.05. The average Bonchev–Trinajstić information content (AvgIpc) is 2.73. The lowest BCUT2D eigenvalue weighted by Gasteiger charge is -2.34. The van der Waals surface area contributed by atoms with E-state index in [0.717, 1.165) is 24.4 Å². The number of amides is 2. The number of thioether (sulfide) groups is 1. The second-order valence-corrected chi connectivity index (χ2v) is 7.87. The van der Waals surface area contributed by atoms with E-state index in [9.17, 15) is 9.59 Å². The molecule has 28 heavy (non-hydrogen) atoms. The Hall–Kier alpha value is -2.31. The monoisotopic (exact) mass is 397 g/mol. The SMILES string of the molecule is CCNC(=O)CN1CCN(C(=O)c2ccc(CSc3ccccc3)cc2)CC1. The maximum atomic E-state index is 12.7. The minimum Gasteiger partial charge on any atom is -0.355 e. The summed E-state index contributed by atoms with van der Waals surface area (Å²) in [5.41, 5.74) is 1.93. The van der Waals surface area contributed by atoms with Gasteiger partial charge in [0.25, 0.3) is 5.91 Å².